The lowest BCUT2D eigenvalue weighted by molar-refractivity contribution is 0.0850. The second-order valence-electron chi connectivity index (χ2n) is 3.87. The van der Waals surface area contributed by atoms with Gasteiger partial charge >= 0.3 is 0 Å². The van der Waals surface area contributed by atoms with E-state index in [0.29, 0.717) is 0 Å². The molecule has 0 spiro atoms. The third-order valence-electron chi connectivity index (χ3n) is 2.55. The number of nitrogens with zero attached hydrogens (tertiary/aromatic N) is 3. The van der Waals surface area contributed by atoms with Crippen LogP contribution in [0.2, 0.25) is 0 Å². The van der Waals surface area contributed by atoms with Crippen LogP contribution >= 0.6 is 0 Å². The molecule has 0 fully saturated rings. The molecular formula is C9H14N6O3. The van der Waals surface area contributed by atoms with Gasteiger partial charge in [0.1, 0.15) is 0 Å². The Morgan fingerprint density at radius 3 is 2.78 bits per heavy atom. The molecule has 9 heteroatoms. The van der Waals surface area contributed by atoms with E-state index in [1.54, 1.807) is 0 Å². The summed E-state index contributed by atoms with van der Waals surface area (Å²) in [6.45, 7) is -0.0668. The van der Waals surface area contributed by atoms with Crippen molar-refractivity contribution in [2.45, 2.75) is 19.1 Å². The molecule has 0 saturated heterocycles. The first kappa shape index (κ1) is 12.3. The van der Waals surface area contributed by atoms with Crippen molar-refractivity contribution in [2.24, 2.45) is 0 Å². The maximum absolute atomic E-state index is 11.6. The lowest BCUT2D eigenvalue weighted by atomic mass is 10.2. The quantitative estimate of drug-likeness (QED) is 0.423. The lowest BCUT2D eigenvalue weighted by Crippen LogP contribution is -2.17. The number of aliphatic hydroxyl groups excluding tert-OH is 2. The van der Waals surface area contributed by atoms with Gasteiger partial charge in [-0.2, -0.15) is 4.98 Å². The van der Waals surface area contributed by atoms with Gasteiger partial charge in [-0.1, -0.05) is 0 Å². The van der Waals surface area contributed by atoms with Crippen LogP contribution in [-0.2, 0) is 6.54 Å². The van der Waals surface area contributed by atoms with Crippen molar-refractivity contribution >= 4 is 23.1 Å². The van der Waals surface area contributed by atoms with Gasteiger partial charge < -0.3 is 21.7 Å². The van der Waals surface area contributed by atoms with Gasteiger partial charge in [-0.05, 0) is 6.42 Å². The predicted molar refractivity (Wildman–Crippen MR) is 64.7 cm³/mol. The lowest BCUT2D eigenvalue weighted by Gasteiger charge is -2.09. The van der Waals surface area contributed by atoms with Crippen LogP contribution in [0.1, 0.15) is 6.42 Å². The number of anilines is 2. The van der Waals surface area contributed by atoms with Crippen LogP contribution in [0.3, 0.4) is 0 Å². The zero-order valence-electron chi connectivity index (χ0n) is 9.50. The van der Waals surface area contributed by atoms with Gasteiger partial charge in [0, 0.05) is 6.54 Å². The maximum atomic E-state index is 11.6. The van der Waals surface area contributed by atoms with Gasteiger partial charge in [0.2, 0.25) is 11.9 Å². The number of nitrogens with one attached hydrogen (secondary N) is 1. The van der Waals surface area contributed by atoms with Crippen molar-refractivity contribution in [3.05, 3.63) is 10.4 Å². The van der Waals surface area contributed by atoms with Gasteiger partial charge in [0.05, 0.1) is 12.7 Å². The molecule has 2 rings (SSSR count). The van der Waals surface area contributed by atoms with Crippen LogP contribution in [0, 0.1) is 0 Å². The smallest absolute Gasteiger partial charge is 0.280 e. The molecule has 0 aliphatic rings. The van der Waals surface area contributed by atoms with E-state index in [1.807, 2.05) is 0 Å². The number of aryl methyl sites for hydroxylation is 1. The molecule has 0 aromatic carbocycles. The Hall–Kier alpha value is -2.13. The Morgan fingerprint density at radius 1 is 1.39 bits per heavy atom. The van der Waals surface area contributed by atoms with Crippen LogP contribution in [0.25, 0.3) is 11.2 Å². The minimum atomic E-state index is -0.860. The Balaban J connectivity index is 2.43. The van der Waals surface area contributed by atoms with Crippen molar-refractivity contribution in [1.29, 1.82) is 0 Å². The number of fused-ring (bicyclic) bond motifs is 1. The number of aliphatic hydroxyl groups is 2. The van der Waals surface area contributed by atoms with Crippen LogP contribution < -0.4 is 17.0 Å². The minimum Gasteiger partial charge on any atom is -0.394 e. The molecule has 98 valence electrons. The average Bonchev–Trinajstić information content (AvgIpc) is 2.63. The summed E-state index contributed by atoms with van der Waals surface area (Å²) in [5.41, 5.74) is 11.0. The number of H-pyrrole nitrogens is 1. The summed E-state index contributed by atoms with van der Waals surface area (Å²) in [7, 11) is 0. The maximum Gasteiger partial charge on any atom is 0.280 e. The molecule has 1 atom stereocenters. The summed E-state index contributed by atoms with van der Waals surface area (Å²) in [4.78, 5) is 21.7. The fourth-order valence-electron chi connectivity index (χ4n) is 1.63. The molecule has 1 unspecified atom stereocenters. The molecule has 2 aromatic heterocycles. The topological polar surface area (TPSA) is 156 Å². The zero-order valence-corrected chi connectivity index (χ0v) is 9.50. The first-order valence-electron chi connectivity index (χ1n) is 5.33. The molecule has 0 amide bonds. The van der Waals surface area contributed by atoms with Crippen molar-refractivity contribution in [1.82, 2.24) is 19.5 Å². The van der Waals surface area contributed by atoms with Gasteiger partial charge in [-0.3, -0.25) is 14.3 Å². The summed E-state index contributed by atoms with van der Waals surface area (Å²) in [6, 6.07) is 0. The number of aromatic nitrogens is 4. The highest BCUT2D eigenvalue weighted by Gasteiger charge is 2.14. The molecule has 0 aliphatic heterocycles. The highest BCUT2D eigenvalue weighted by Crippen LogP contribution is 2.14. The standard InChI is InChI=1S/C9H14N6O3/c10-8-13-6-5(7(18)14-8)12-9(11)15(6)2-1-4(17)3-16/h4,16-17H,1-3H2,(H2,11,12)(H3,10,13,14,18). The highest BCUT2D eigenvalue weighted by molar-refractivity contribution is 5.73. The minimum absolute atomic E-state index is 0.0312. The van der Waals surface area contributed by atoms with E-state index in [4.69, 9.17) is 16.6 Å². The summed E-state index contributed by atoms with van der Waals surface area (Å²) >= 11 is 0. The second-order valence-corrected chi connectivity index (χ2v) is 3.87. The molecule has 0 aliphatic carbocycles. The molecule has 18 heavy (non-hydrogen) atoms. The predicted octanol–water partition coefficient (Wildman–Crippen LogP) is -1.97. The number of rotatable bonds is 4. The van der Waals surface area contributed by atoms with Crippen molar-refractivity contribution in [2.75, 3.05) is 18.1 Å². The Kier molecular flexibility index (Phi) is 3.17. The summed E-state index contributed by atoms with van der Waals surface area (Å²) < 4.78 is 1.47. The van der Waals surface area contributed by atoms with Gasteiger partial charge in [0.15, 0.2) is 11.2 Å². The van der Waals surface area contributed by atoms with E-state index in [2.05, 4.69) is 15.0 Å². The Bertz CT molecular complexity index is 619. The fourth-order valence-corrected chi connectivity index (χ4v) is 1.63. The number of hydrogen-bond donors (Lipinski definition) is 5. The molecule has 9 nitrogen and oxygen atoms in total. The Morgan fingerprint density at radius 2 is 2.11 bits per heavy atom. The zero-order chi connectivity index (χ0) is 13.3. The van der Waals surface area contributed by atoms with E-state index < -0.39 is 11.7 Å². The number of nitrogen functional groups attached to an aromatic ring is 2. The van der Waals surface area contributed by atoms with E-state index in [9.17, 15) is 9.90 Å². The molecule has 0 bridgehead atoms. The van der Waals surface area contributed by atoms with Gasteiger partial charge in [0.25, 0.3) is 5.56 Å². The normalized spacial score (nSPS) is 13.0. The molecule has 0 radical (unpaired) electrons. The third-order valence-corrected chi connectivity index (χ3v) is 2.55. The van der Waals surface area contributed by atoms with Crippen LogP contribution in [0.15, 0.2) is 4.79 Å². The SMILES string of the molecule is Nc1nc2c(nc(N)n2CCC(O)CO)c(=O)[nH]1. The van der Waals surface area contributed by atoms with Crippen LogP contribution in [0.4, 0.5) is 11.9 Å². The van der Waals surface area contributed by atoms with Crippen LogP contribution in [-0.4, -0.2) is 42.4 Å². The Labute approximate surface area is 101 Å². The van der Waals surface area contributed by atoms with Crippen LogP contribution in [0.5, 0.6) is 0 Å². The molecular weight excluding hydrogens is 240 g/mol. The second kappa shape index (κ2) is 4.63. The summed E-state index contributed by atoms with van der Waals surface area (Å²) in [6.07, 6.45) is -0.596. The monoisotopic (exact) mass is 254 g/mol. The van der Waals surface area contributed by atoms with Crippen molar-refractivity contribution in [3.63, 3.8) is 0 Å². The largest absolute Gasteiger partial charge is 0.394 e. The highest BCUT2D eigenvalue weighted by atomic mass is 16.3. The molecule has 2 aromatic rings. The number of imidazole rings is 1. The van der Waals surface area contributed by atoms with Gasteiger partial charge in [-0.25, -0.2) is 4.98 Å². The van der Waals surface area contributed by atoms with E-state index in [-0.39, 0.29) is 42.6 Å². The van der Waals surface area contributed by atoms with E-state index in [0.717, 1.165) is 0 Å². The van der Waals surface area contributed by atoms with E-state index >= 15 is 0 Å². The summed E-state index contributed by atoms with van der Waals surface area (Å²) in [5.74, 6) is 0.0788. The summed E-state index contributed by atoms with van der Waals surface area (Å²) in [5, 5.41) is 18.0. The van der Waals surface area contributed by atoms with Crippen molar-refractivity contribution in [3.8, 4) is 0 Å². The average molecular weight is 254 g/mol. The third kappa shape index (κ3) is 2.13. The number of nitrogens with two attached hydrogens (primary N) is 2. The first-order chi connectivity index (χ1) is 8.52. The van der Waals surface area contributed by atoms with Crippen molar-refractivity contribution < 1.29 is 10.2 Å². The number of hydrogen-bond acceptors (Lipinski definition) is 7. The first-order valence-corrected chi connectivity index (χ1v) is 5.33. The molecule has 0 saturated carbocycles. The molecule has 2 heterocycles. The fraction of sp³-hybridized carbons (Fsp3) is 0.444. The van der Waals surface area contributed by atoms with Gasteiger partial charge in [-0.15, -0.1) is 0 Å². The molecule has 7 N–H and O–H groups in total. The van der Waals surface area contributed by atoms with E-state index in [1.165, 1.54) is 4.57 Å². The number of aromatic amines is 1.